The molecular weight excluding hydrogens is 148 g/mol. The Bertz CT molecular complexity index is 171. The van der Waals surface area contributed by atoms with Gasteiger partial charge in [-0.05, 0) is 26.2 Å². The molecule has 2 rings (SSSR count). The molecule has 2 saturated heterocycles. The topological polar surface area (TPSA) is 15.3 Å². The quantitative estimate of drug-likeness (QED) is 0.630. The Morgan fingerprint density at radius 3 is 2.42 bits per heavy atom. The maximum Gasteiger partial charge on any atom is 0.0238 e. The maximum atomic E-state index is 3.57. The lowest BCUT2D eigenvalue weighted by atomic mass is 9.95. The molecule has 2 heteroatoms. The molecule has 12 heavy (non-hydrogen) atoms. The van der Waals surface area contributed by atoms with Crippen LogP contribution in [0.3, 0.4) is 0 Å². The van der Waals surface area contributed by atoms with E-state index in [0.717, 1.165) is 12.0 Å². The minimum atomic E-state index is 0.378. The van der Waals surface area contributed by atoms with Crippen LogP contribution in [0, 0.1) is 5.92 Å². The van der Waals surface area contributed by atoms with Crippen LogP contribution in [0.2, 0.25) is 0 Å². The Kier molecular flexibility index (Phi) is 1.92. The summed E-state index contributed by atoms with van der Waals surface area (Å²) in [7, 11) is 0. The summed E-state index contributed by atoms with van der Waals surface area (Å²) in [6.45, 7) is 10.8. The Hall–Kier alpha value is -0.0800. The zero-order valence-electron chi connectivity index (χ0n) is 8.43. The summed E-state index contributed by atoms with van der Waals surface area (Å²) >= 11 is 0. The average Bonchev–Trinajstić information content (AvgIpc) is 2.23. The van der Waals surface area contributed by atoms with Gasteiger partial charge in [0.25, 0.3) is 0 Å². The van der Waals surface area contributed by atoms with E-state index in [1.54, 1.807) is 0 Å². The predicted octanol–water partition coefficient (Wildman–Crippen LogP) is 1.08. The molecule has 1 N–H and O–H groups in total. The van der Waals surface area contributed by atoms with Crippen molar-refractivity contribution in [2.45, 2.75) is 38.8 Å². The van der Waals surface area contributed by atoms with Crippen molar-refractivity contribution in [3.63, 3.8) is 0 Å². The monoisotopic (exact) mass is 168 g/mol. The summed E-state index contributed by atoms with van der Waals surface area (Å²) in [6, 6.07) is 0.816. The van der Waals surface area contributed by atoms with E-state index >= 15 is 0 Å². The van der Waals surface area contributed by atoms with E-state index in [-0.39, 0.29) is 0 Å². The molecular formula is C10H20N2. The maximum absolute atomic E-state index is 3.57. The zero-order chi connectivity index (χ0) is 8.77. The lowest BCUT2D eigenvalue weighted by molar-refractivity contribution is 0.0684. The van der Waals surface area contributed by atoms with Crippen LogP contribution < -0.4 is 5.32 Å². The molecule has 2 aliphatic rings. The molecule has 0 bridgehead atoms. The van der Waals surface area contributed by atoms with Crippen LogP contribution in [0.5, 0.6) is 0 Å². The van der Waals surface area contributed by atoms with Crippen LogP contribution in [0.1, 0.15) is 27.2 Å². The van der Waals surface area contributed by atoms with Gasteiger partial charge in [-0.2, -0.15) is 0 Å². The molecule has 1 atom stereocenters. The van der Waals surface area contributed by atoms with Crippen LogP contribution in [-0.4, -0.2) is 36.1 Å². The second-order valence-corrected chi connectivity index (χ2v) is 5.18. The zero-order valence-corrected chi connectivity index (χ0v) is 8.43. The predicted molar refractivity (Wildman–Crippen MR) is 51.2 cm³/mol. The Morgan fingerprint density at radius 1 is 1.33 bits per heavy atom. The van der Waals surface area contributed by atoms with Gasteiger partial charge in [0.05, 0.1) is 0 Å². The van der Waals surface area contributed by atoms with Crippen molar-refractivity contribution in [1.82, 2.24) is 10.2 Å². The van der Waals surface area contributed by atoms with Crippen LogP contribution in [-0.2, 0) is 0 Å². The molecule has 0 spiro atoms. The van der Waals surface area contributed by atoms with Crippen molar-refractivity contribution in [2.75, 3.05) is 19.6 Å². The van der Waals surface area contributed by atoms with Gasteiger partial charge in [-0.1, -0.05) is 6.92 Å². The average molecular weight is 168 g/mol. The first-order valence-electron chi connectivity index (χ1n) is 5.06. The van der Waals surface area contributed by atoms with Crippen LogP contribution >= 0.6 is 0 Å². The number of likely N-dealkylation sites (tertiary alicyclic amines) is 1. The highest BCUT2D eigenvalue weighted by Crippen LogP contribution is 2.27. The standard InChI is InChI=1S/C10H20N2/c1-8-6-12(7-8)9-4-10(2,3)11-5-9/h8-9,11H,4-7H2,1-3H3/t9-/m1/s1. The van der Waals surface area contributed by atoms with Gasteiger partial charge in [-0.25, -0.2) is 0 Å². The van der Waals surface area contributed by atoms with E-state index in [0.29, 0.717) is 5.54 Å². The Balaban J connectivity index is 1.84. The smallest absolute Gasteiger partial charge is 0.0238 e. The van der Waals surface area contributed by atoms with Gasteiger partial charge < -0.3 is 5.32 Å². The summed E-state index contributed by atoms with van der Waals surface area (Å²) in [6.07, 6.45) is 1.32. The van der Waals surface area contributed by atoms with Gasteiger partial charge in [0, 0.05) is 31.2 Å². The molecule has 2 fully saturated rings. The lowest BCUT2D eigenvalue weighted by Crippen LogP contribution is -2.51. The fourth-order valence-corrected chi connectivity index (χ4v) is 2.43. The van der Waals surface area contributed by atoms with E-state index in [2.05, 4.69) is 31.0 Å². The molecule has 0 aromatic heterocycles. The highest BCUT2D eigenvalue weighted by atomic mass is 15.3. The lowest BCUT2D eigenvalue weighted by Gasteiger charge is -2.41. The van der Waals surface area contributed by atoms with Crippen LogP contribution in [0.25, 0.3) is 0 Å². The third kappa shape index (κ3) is 1.50. The Morgan fingerprint density at radius 2 is 2.00 bits per heavy atom. The fraction of sp³-hybridized carbons (Fsp3) is 1.00. The molecule has 0 saturated carbocycles. The van der Waals surface area contributed by atoms with Gasteiger partial charge in [0.1, 0.15) is 0 Å². The van der Waals surface area contributed by atoms with E-state index in [4.69, 9.17) is 0 Å². The summed E-state index contributed by atoms with van der Waals surface area (Å²) in [4.78, 5) is 2.62. The van der Waals surface area contributed by atoms with Crippen LogP contribution in [0.15, 0.2) is 0 Å². The minimum absolute atomic E-state index is 0.378. The number of hydrogen-bond donors (Lipinski definition) is 1. The van der Waals surface area contributed by atoms with E-state index < -0.39 is 0 Å². The highest BCUT2D eigenvalue weighted by molar-refractivity contribution is 4.97. The van der Waals surface area contributed by atoms with Crippen LogP contribution in [0.4, 0.5) is 0 Å². The molecule has 2 nitrogen and oxygen atoms in total. The van der Waals surface area contributed by atoms with Gasteiger partial charge in [0.15, 0.2) is 0 Å². The Labute approximate surface area is 75.3 Å². The van der Waals surface area contributed by atoms with Crippen molar-refractivity contribution in [3.8, 4) is 0 Å². The van der Waals surface area contributed by atoms with Crippen molar-refractivity contribution in [2.24, 2.45) is 5.92 Å². The largest absolute Gasteiger partial charge is 0.310 e. The number of rotatable bonds is 1. The fourth-order valence-electron chi connectivity index (χ4n) is 2.43. The van der Waals surface area contributed by atoms with E-state index in [1.807, 2.05) is 0 Å². The molecule has 0 aromatic carbocycles. The van der Waals surface area contributed by atoms with E-state index in [9.17, 15) is 0 Å². The summed E-state index contributed by atoms with van der Waals surface area (Å²) in [5.74, 6) is 0.939. The molecule has 70 valence electrons. The second kappa shape index (κ2) is 2.71. The van der Waals surface area contributed by atoms with Crippen molar-refractivity contribution in [3.05, 3.63) is 0 Å². The SMILES string of the molecule is CC1CN([C@H]2CNC(C)(C)C2)C1. The number of nitrogens with zero attached hydrogens (tertiary/aromatic N) is 1. The first-order chi connectivity index (χ1) is 5.57. The minimum Gasteiger partial charge on any atom is -0.310 e. The summed E-state index contributed by atoms with van der Waals surface area (Å²) < 4.78 is 0. The second-order valence-electron chi connectivity index (χ2n) is 5.18. The highest BCUT2D eigenvalue weighted by Gasteiger charge is 2.37. The molecule has 0 aromatic rings. The van der Waals surface area contributed by atoms with Crippen molar-refractivity contribution < 1.29 is 0 Å². The molecule has 0 amide bonds. The third-order valence-corrected chi connectivity index (χ3v) is 3.17. The van der Waals surface area contributed by atoms with Gasteiger partial charge >= 0.3 is 0 Å². The number of hydrogen-bond acceptors (Lipinski definition) is 2. The van der Waals surface area contributed by atoms with Gasteiger partial charge in [-0.15, -0.1) is 0 Å². The first-order valence-corrected chi connectivity index (χ1v) is 5.06. The molecule has 0 aliphatic carbocycles. The molecule has 0 unspecified atom stereocenters. The number of nitrogens with one attached hydrogen (secondary N) is 1. The first kappa shape index (κ1) is 8.52. The summed E-state index contributed by atoms with van der Waals surface area (Å²) in [5, 5.41) is 3.57. The molecule has 0 radical (unpaired) electrons. The van der Waals surface area contributed by atoms with Gasteiger partial charge in [0.2, 0.25) is 0 Å². The van der Waals surface area contributed by atoms with Gasteiger partial charge in [-0.3, -0.25) is 4.90 Å². The van der Waals surface area contributed by atoms with Crippen molar-refractivity contribution in [1.29, 1.82) is 0 Å². The van der Waals surface area contributed by atoms with Crippen molar-refractivity contribution >= 4 is 0 Å². The molecule has 2 heterocycles. The third-order valence-electron chi connectivity index (χ3n) is 3.17. The normalized spacial score (nSPS) is 36.8. The molecule has 2 aliphatic heterocycles. The summed E-state index contributed by atoms with van der Waals surface area (Å²) in [5.41, 5.74) is 0.378. The van der Waals surface area contributed by atoms with E-state index in [1.165, 1.54) is 26.1 Å².